The summed E-state index contributed by atoms with van der Waals surface area (Å²) in [7, 11) is 0. The van der Waals surface area contributed by atoms with Crippen molar-refractivity contribution in [1.29, 1.82) is 0 Å². The second-order valence-electron chi connectivity index (χ2n) is 13.5. The molecule has 1 heterocycles. The molecule has 0 radical (unpaired) electrons. The van der Waals surface area contributed by atoms with E-state index in [-0.39, 0.29) is 0 Å². The highest BCUT2D eigenvalue weighted by Crippen LogP contribution is 2.18. The highest BCUT2D eigenvalue weighted by Gasteiger charge is 2.29. The number of quaternary nitrogens is 1. The van der Waals surface area contributed by atoms with Crippen molar-refractivity contribution < 1.29 is 23.5 Å². The van der Waals surface area contributed by atoms with Crippen molar-refractivity contribution in [2.75, 3.05) is 59.2 Å². The Balaban J connectivity index is 1.14. The predicted molar refractivity (Wildman–Crippen MR) is 196 cm³/mol. The molecule has 1 saturated heterocycles. The van der Waals surface area contributed by atoms with Crippen LogP contribution < -0.4 is 9.47 Å². The third-order valence-electron chi connectivity index (χ3n) is 9.54. The molecule has 0 atom stereocenters. The summed E-state index contributed by atoms with van der Waals surface area (Å²) in [5.74, 6) is 1.80. The van der Waals surface area contributed by atoms with Crippen molar-refractivity contribution >= 4 is 12.5 Å². The van der Waals surface area contributed by atoms with E-state index in [9.17, 15) is 4.79 Å². The van der Waals surface area contributed by atoms with Gasteiger partial charge in [0.1, 0.15) is 30.9 Å². The number of hydrogen-bond donors (Lipinski definition) is 0. The van der Waals surface area contributed by atoms with E-state index in [2.05, 4.69) is 36.2 Å². The van der Waals surface area contributed by atoms with Gasteiger partial charge in [-0.2, -0.15) is 0 Å². The van der Waals surface area contributed by atoms with Crippen LogP contribution in [-0.2, 0) is 4.74 Å². The summed E-state index contributed by atoms with van der Waals surface area (Å²) < 4.78 is 18.8. The number of hydrogen-bond acceptors (Lipinski definition) is 5. The van der Waals surface area contributed by atoms with Gasteiger partial charge in [0.15, 0.2) is 0 Å². The van der Waals surface area contributed by atoms with E-state index in [1.54, 1.807) is 0 Å². The van der Waals surface area contributed by atoms with Crippen LogP contribution in [0.2, 0.25) is 0 Å². The molecule has 0 unspecified atom stereocenters. The molecule has 0 aliphatic carbocycles. The first kappa shape index (κ1) is 38.7. The summed E-state index contributed by atoms with van der Waals surface area (Å²) in [4.78, 5) is 15.5. The van der Waals surface area contributed by atoms with Gasteiger partial charge in [-0.15, -0.1) is 0 Å². The average molecular weight is 650 g/mol. The lowest BCUT2D eigenvalue weighted by atomic mass is 10.1. The van der Waals surface area contributed by atoms with E-state index in [4.69, 9.17) is 14.2 Å². The quantitative estimate of drug-likeness (QED) is 0.0399. The Hall–Kier alpha value is -2.70. The van der Waals surface area contributed by atoms with Gasteiger partial charge in [-0.25, -0.2) is 0 Å². The third-order valence-corrected chi connectivity index (χ3v) is 9.54. The molecular formula is C41H65N2O4+. The van der Waals surface area contributed by atoms with Gasteiger partial charge in [-0.1, -0.05) is 84.0 Å². The Morgan fingerprint density at radius 2 is 1.11 bits per heavy atom. The lowest BCUT2D eigenvalue weighted by Gasteiger charge is -2.41. The molecule has 2 aromatic rings. The molecule has 0 bridgehead atoms. The fourth-order valence-electron chi connectivity index (χ4n) is 6.48. The van der Waals surface area contributed by atoms with Crippen molar-refractivity contribution in [3.63, 3.8) is 0 Å². The summed E-state index contributed by atoms with van der Waals surface area (Å²) in [5.41, 5.74) is 1.84. The number of ether oxygens (including phenoxy) is 3. The van der Waals surface area contributed by atoms with Crippen molar-refractivity contribution in [2.45, 2.75) is 116 Å². The van der Waals surface area contributed by atoms with Crippen LogP contribution in [0.5, 0.6) is 11.5 Å². The van der Waals surface area contributed by atoms with Gasteiger partial charge in [0.05, 0.1) is 39.5 Å². The molecule has 1 aliphatic heterocycles. The van der Waals surface area contributed by atoms with Gasteiger partial charge in [-0.3, -0.25) is 9.79 Å². The molecule has 0 amide bonds. The molecule has 0 saturated carbocycles. The summed E-state index contributed by atoms with van der Waals surface area (Å²) >= 11 is 0. The third kappa shape index (κ3) is 17.9. The van der Waals surface area contributed by atoms with E-state index in [1.165, 1.54) is 107 Å². The number of benzene rings is 2. The second kappa shape index (κ2) is 25.3. The first-order valence-corrected chi connectivity index (χ1v) is 19.1. The highest BCUT2D eigenvalue weighted by atomic mass is 16.5. The number of nitrogens with zero attached hydrogens (tertiary/aromatic N) is 2. The number of rotatable bonds is 28. The Kier molecular flexibility index (Phi) is 20.9. The summed E-state index contributed by atoms with van der Waals surface area (Å²) in [6.45, 7) is 11.1. The number of morpholine rings is 1. The lowest BCUT2D eigenvalue weighted by Crippen LogP contribution is -2.56. The Bertz CT molecular complexity index is 1060. The van der Waals surface area contributed by atoms with Crippen molar-refractivity contribution in [3.8, 4) is 11.5 Å². The number of unbranched alkanes of at least 4 members (excludes halogenated alkanes) is 14. The molecule has 0 aromatic heterocycles. The fraction of sp³-hybridized carbons (Fsp3) is 0.659. The number of aldehydes is 1. The molecule has 2 aromatic carbocycles. The van der Waals surface area contributed by atoms with Crippen LogP contribution in [0.25, 0.3) is 0 Å². The second-order valence-corrected chi connectivity index (χ2v) is 13.5. The number of aliphatic imine (C=N–C) groups is 1. The minimum atomic E-state index is 0.683. The molecular weight excluding hydrogens is 584 g/mol. The van der Waals surface area contributed by atoms with Gasteiger partial charge in [0.25, 0.3) is 0 Å². The summed E-state index contributed by atoms with van der Waals surface area (Å²) in [6, 6.07) is 15.8. The van der Waals surface area contributed by atoms with Crippen LogP contribution in [0.3, 0.4) is 0 Å². The molecule has 3 rings (SSSR count). The monoisotopic (exact) mass is 649 g/mol. The smallest absolute Gasteiger partial charge is 0.150 e. The van der Waals surface area contributed by atoms with Crippen molar-refractivity contribution in [3.05, 3.63) is 59.7 Å². The zero-order valence-corrected chi connectivity index (χ0v) is 29.7. The van der Waals surface area contributed by atoms with Crippen LogP contribution >= 0.6 is 0 Å². The minimum Gasteiger partial charge on any atom is -0.494 e. The molecule has 1 fully saturated rings. The molecule has 6 heteroatoms. The van der Waals surface area contributed by atoms with Crippen LogP contribution in [0.15, 0.2) is 53.5 Å². The fourth-order valence-corrected chi connectivity index (χ4v) is 6.48. The van der Waals surface area contributed by atoms with Crippen molar-refractivity contribution in [2.24, 2.45) is 4.99 Å². The molecule has 0 spiro atoms. The first-order chi connectivity index (χ1) is 23.2. The number of carbonyl (C=O) groups is 1. The van der Waals surface area contributed by atoms with Gasteiger partial charge < -0.3 is 18.7 Å². The van der Waals surface area contributed by atoms with E-state index in [0.717, 1.165) is 82.2 Å². The van der Waals surface area contributed by atoms with E-state index < -0.39 is 0 Å². The molecule has 47 heavy (non-hydrogen) atoms. The summed E-state index contributed by atoms with van der Waals surface area (Å²) in [6.07, 6.45) is 24.9. The lowest BCUT2D eigenvalue weighted by molar-refractivity contribution is -0.935. The van der Waals surface area contributed by atoms with E-state index in [0.29, 0.717) is 12.2 Å². The van der Waals surface area contributed by atoms with E-state index in [1.807, 2.05) is 30.5 Å². The summed E-state index contributed by atoms with van der Waals surface area (Å²) in [5, 5.41) is 0. The Morgan fingerprint density at radius 1 is 0.617 bits per heavy atom. The first-order valence-electron chi connectivity index (χ1n) is 19.1. The maximum Gasteiger partial charge on any atom is 0.150 e. The molecule has 0 N–H and O–H groups in total. The Morgan fingerprint density at radius 3 is 1.70 bits per heavy atom. The average Bonchev–Trinajstić information content (AvgIpc) is 3.11. The van der Waals surface area contributed by atoms with Crippen LogP contribution in [0, 0.1) is 0 Å². The van der Waals surface area contributed by atoms with Gasteiger partial charge in [0, 0.05) is 24.7 Å². The molecule has 262 valence electrons. The largest absolute Gasteiger partial charge is 0.494 e. The standard InChI is InChI=1S/C41H65N2O4/c1-2-3-4-5-6-9-12-15-27-42-36-38-19-23-40(24-20-38)46-32-17-14-11-8-7-10-13-16-28-43(30-34-45-35-31-43)29-18-33-47-41-25-21-39(37-44)22-26-41/h19-26,36-37H,2-18,27-35H2,1H3/q+1. The zero-order chi connectivity index (χ0) is 33.1. The normalized spacial score (nSPS) is 14.4. The van der Waals surface area contributed by atoms with Crippen LogP contribution in [0.1, 0.15) is 132 Å². The minimum absolute atomic E-state index is 0.683. The molecule has 6 nitrogen and oxygen atoms in total. The Labute approximate surface area is 286 Å². The highest BCUT2D eigenvalue weighted by molar-refractivity contribution is 5.79. The van der Waals surface area contributed by atoms with Crippen LogP contribution in [0.4, 0.5) is 0 Å². The predicted octanol–water partition coefficient (Wildman–Crippen LogP) is 9.87. The van der Waals surface area contributed by atoms with Crippen molar-refractivity contribution in [1.82, 2.24) is 0 Å². The topological polar surface area (TPSA) is 57.1 Å². The van der Waals surface area contributed by atoms with Gasteiger partial charge >= 0.3 is 0 Å². The maximum atomic E-state index is 10.8. The van der Waals surface area contributed by atoms with E-state index >= 15 is 0 Å². The van der Waals surface area contributed by atoms with Crippen LogP contribution in [-0.4, -0.2) is 76.1 Å². The van der Waals surface area contributed by atoms with Gasteiger partial charge in [0.2, 0.25) is 0 Å². The molecule has 1 aliphatic rings. The van der Waals surface area contributed by atoms with Gasteiger partial charge in [-0.05, 0) is 79.8 Å². The zero-order valence-electron chi connectivity index (χ0n) is 29.7. The maximum absolute atomic E-state index is 10.8. The SMILES string of the molecule is CCCCCCCCCCN=Cc1ccc(OCCCCCCCCCC[N+]2(CCCOc3ccc(C=O)cc3)CCOCC2)cc1. The number of carbonyl (C=O) groups excluding carboxylic acids is 1.